The molecule has 140 valence electrons. The third-order valence-corrected chi connectivity index (χ3v) is 4.46. The van der Waals surface area contributed by atoms with Gasteiger partial charge in [-0.2, -0.15) is 0 Å². The summed E-state index contributed by atoms with van der Waals surface area (Å²) < 4.78 is 5.09. The van der Waals surface area contributed by atoms with Gasteiger partial charge in [-0.05, 0) is 66.4 Å². The second kappa shape index (κ2) is 7.08. The normalized spacial score (nSPS) is 10.8. The quantitative estimate of drug-likeness (QED) is 0.453. The molecule has 0 aliphatic rings. The molecule has 4 aromatic rings. The van der Waals surface area contributed by atoms with Crippen LogP contribution in [0.25, 0.3) is 22.0 Å². The van der Waals surface area contributed by atoms with Crippen LogP contribution in [0.3, 0.4) is 0 Å². The number of rotatable bonds is 3. The van der Waals surface area contributed by atoms with Crippen molar-refractivity contribution in [1.82, 2.24) is 5.16 Å². The lowest BCUT2D eigenvalue weighted by Gasteiger charge is -2.10. The Morgan fingerprint density at radius 1 is 0.929 bits per heavy atom. The number of aromatic nitrogens is 1. The van der Waals surface area contributed by atoms with Crippen LogP contribution in [0.15, 0.2) is 65.2 Å². The van der Waals surface area contributed by atoms with Crippen molar-refractivity contribution in [3.05, 3.63) is 71.8 Å². The van der Waals surface area contributed by atoms with Gasteiger partial charge in [-0.3, -0.25) is 0 Å². The summed E-state index contributed by atoms with van der Waals surface area (Å²) in [6.45, 7) is 4.00. The number of carbonyl (C=O) groups excluding carboxylic acids is 1. The number of hydrogen-bond donors (Lipinski definition) is 3. The SMILES string of the molecule is Cc1cc(C)cc(NC(=O)Nc2ccc(-c3cccc4noc(N)c34)cc2)c1. The number of nitrogens with two attached hydrogens (primary N) is 1. The predicted octanol–water partition coefficient (Wildman–Crippen LogP) is 5.34. The number of nitrogens with zero attached hydrogens (tertiary/aromatic N) is 1. The van der Waals surface area contributed by atoms with Crippen LogP contribution in [0.4, 0.5) is 22.1 Å². The highest BCUT2D eigenvalue weighted by Crippen LogP contribution is 2.32. The molecule has 3 aromatic carbocycles. The maximum absolute atomic E-state index is 12.3. The number of aryl methyl sites for hydroxylation is 2. The zero-order valence-corrected chi connectivity index (χ0v) is 15.6. The van der Waals surface area contributed by atoms with Crippen LogP contribution < -0.4 is 16.4 Å². The van der Waals surface area contributed by atoms with Crippen molar-refractivity contribution >= 4 is 34.2 Å². The second-order valence-electron chi connectivity index (χ2n) is 6.78. The largest absolute Gasteiger partial charge is 0.367 e. The van der Waals surface area contributed by atoms with Crippen molar-refractivity contribution in [2.45, 2.75) is 13.8 Å². The van der Waals surface area contributed by atoms with Crippen LogP contribution in [0.1, 0.15) is 11.1 Å². The molecular weight excluding hydrogens is 352 g/mol. The molecule has 0 atom stereocenters. The number of fused-ring (bicyclic) bond motifs is 1. The minimum atomic E-state index is -0.289. The number of carbonyl (C=O) groups is 1. The molecule has 4 rings (SSSR count). The monoisotopic (exact) mass is 372 g/mol. The first-order valence-electron chi connectivity index (χ1n) is 8.90. The molecule has 0 bridgehead atoms. The van der Waals surface area contributed by atoms with E-state index >= 15 is 0 Å². The van der Waals surface area contributed by atoms with E-state index in [2.05, 4.69) is 21.9 Å². The van der Waals surface area contributed by atoms with Crippen LogP contribution in [-0.4, -0.2) is 11.2 Å². The zero-order valence-electron chi connectivity index (χ0n) is 15.6. The first-order chi connectivity index (χ1) is 13.5. The molecule has 28 heavy (non-hydrogen) atoms. The highest BCUT2D eigenvalue weighted by molar-refractivity contribution is 6.02. The van der Waals surface area contributed by atoms with Crippen LogP contribution >= 0.6 is 0 Å². The van der Waals surface area contributed by atoms with Crippen molar-refractivity contribution in [2.24, 2.45) is 0 Å². The Labute approximate surface area is 162 Å². The summed E-state index contributed by atoms with van der Waals surface area (Å²) in [6, 6.07) is 18.9. The average molecular weight is 372 g/mol. The van der Waals surface area contributed by atoms with Crippen molar-refractivity contribution in [3.8, 4) is 11.1 Å². The first-order valence-corrected chi connectivity index (χ1v) is 8.90. The highest BCUT2D eigenvalue weighted by atomic mass is 16.5. The van der Waals surface area contributed by atoms with E-state index in [-0.39, 0.29) is 6.03 Å². The predicted molar refractivity (Wildman–Crippen MR) is 112 cm³/mol. The van der Waals surface area contributed by atoms with Gasteiger partial charge in [0.15, 0.2) is 0 Å². The van der Waals surface area contributed by atoms with E-state index in [1.54, 1.807) is 0 Å². The van der Waals surface area contributed by atoms with Gasteiger partial charge in [-0.15, -0.1) is 0 Å². The van der Waals surface area contributed by atoms with Crippen LogP contribution in [-0.2, 0) is 0 Å². The van der Waals surface area contributed by atoms with E-state index in [0.29, 0.717) is 17.1 Å². The summed E-state index contributed by atoms with van der Waals surface area (Å²) in [5.41, 5.74) is 12.2. The number of anilines is 3. The minimum Gasteiger partial charge on any atom is -0.367 e. The summed E-state index contributed by atoms with van der Waals surface area (Å²) in [5, 5.41) is 10.4. The summed E-state index contributed by atoms with van der Waals surface area (Å²) >= 11 is 0. The number of nitrogens with one attached hydrogen (secondary N) is 2. The van der Waals surface area contributed by atoms with E-state index < -0.39 is 0 Å². The molecule has 0 spiro atoms. The Bertz CT molecular complexity index is 1140. The molecule has 1 aromatic heterocycles. The fourth-order valence-electron chi connectivity index (χ4n) is 3.33. The molecule has 4 N–H and O–H groups in total. The lowest BCUT2D eigenvalue weighted by Crippen LogP contribution is -2.19. The Morgan fingerprint density at radius 2 is 1.61 bits per heavy atom. The topological polar surface area (TPSA) is 93.2 Å². The van der Waals surface area contributed by atoms with E-state index in [9.17, 15) is 4.79 Å². The molecule has 2 amide bonds. The molecule has 0 saturated carbocycles. The van der Waals surface area contributed by atoms with Crippen molar-refractivity contribution in [1.29, 1.82) is 0 Å². The third-order valence-electron chi connectivity index (χ3n) is 4.46. The van der Waals surface area contributed by atoms with E-state index in [0.717, 1.165) is 33.3 Å². The number of hydrogen-bond acceptors (Lipinski definition) is 4. The van der Waals surface area contributed by atoms with E-state index in [4.69, 9.17) is 10.3 Å². The molecule has 0 aliphatic heterocycles. The molecule has 1 heterocycles. The Hall–Kier alpha value is -3.80. The first kappa shape index (κ1) is 17.6. The summed E-state index contributed by atoms with van der Waals surface area (Å²) in [5.74, 6) is 0.292. The lowest BCUT2D eigenvalue weighted by molar-refractivity contribution is 0.262. The van der Waals surface area contributed by atoms with Crippen molar-refractivity contribution in [2.75, 3.05) is 16.4 Å². The van der Waals surface area contributed by atoms with Crippen molar-refractivity contribution < 1.29 is 9.32 Å². The van der Waals surface area contributed by atoms with E-state index in [1.165, 1.54) is 0 Å². The second-order valence-corrected chi connectivity index (χ2v) is 6.78. The third kappa shape index (κ3) is 3.53. The average Bonchev–Trinajstić information content (AvgIpc) is 3.03. The van der Waals surface area contributed by atoms with Crippen LogP contribution in [0, 0.1) is 13.8 Å². The maximum Gasteiger partial charge on any atom is 0.323 e. The summed E-state index contributed by atoms with van der Waals surface area (Å²) in [6.07, 6.45) is 0. The van der Waals surface area contributed by atoms with Gasteiger partial charge in [-0.25, -0.2) is 4.79 Å². The van der Waals surface area contributed by atoms with Crippen LogP contribution in [0.2, 0.25) is 0 Å². The van der Waals surface area contributed by atoms with Gasteiger partial charge in [0.05, 0.1) is 5.39 Å². The Morgan fingerprint density at radius 3 is 2.32 bits per heavy atom. The van der Waals surface area contributed by atoms with Gasteiger partial charge < -0.3 is 20.9 Å². The number of nitrogen functional groups attached to an aromatic ring is 1. The summed E-state index contributed by atoms with van der Waals surface area (Å²) in [4.78, 5) is 12.3. The van der Waals surface area contributed by atoms with E-state index in [1.807, 2.05) is 68.4 Å². The fraction of sp³-hybridized carbons (Fsp3) is 0.0909. The highest BCUT2D eigenvalue weighted by Gasteiger charge is 2.11. The zero-order chi connectivity index (χ0) is 19.7. The number of urea groups is 1. The molecule has 0 radical (unpaired) electrons. The maximum atomic E-state index is 12.3. The standard InChI is InChI=1S/C22H20N4O2/c1-13-10-14(2)12-17(11-13)25-22(27)24-16-8-6-15(7-9-16)18-4-3-5-19-20(18)21(23)28-26-19/h3-12H,23H2,1-2H3,(H2,24,25,27). The number of amides is 2. The van der Waals surface area contributed by atoms with Gasteiger partial charge >= 0.3 is 6.03 Å². The molecule has 0 saturated heterocycles. The van der Waals surface area contributed by atoms with Crippen LogP contribution in [0.5, 0.6) is 0 Å². The Kier molecular flexibility index (Phi) is 4.45. The molecule has 6 heteroatoms. The van der Waals surface area contributed by atoms with Gasteiger partial charge in [0, 0.05) is 11.4 Å². The van der Waals surface area contributed by atoms with Gasteiger partial charge in [0.2, 0.25) is 5.88 Å². The molecular formula is C22H20N4O2. The fourth-order valence-corrected chi connectivity index (χ4v) is 3.33. The summed E-state index contributed by atoms with van der Waals surface area (Å²) in [7, 11) is 0. The number of benzene rings is 3. The molecule has 6 nitrogen and oxygen atoms in total. The molecule has 0 aliphatic carbocycles. The van der Waals surface area contributed by atoms with Crippen molar-refractivity contribution in [3.63, 3.8) is 0 Å². The lowest BCUT2D eigenvalue weighted by atomic mass is 10.0. The van der Waals surface area contributed by atoms with Gasteiger partial charge in [-0.1, -0.05) is 35.5 Å². The molecule has 0 unspecified atom stereocenters. The Balaban J connectivity index is 1.51. The van der Waals surface area contributed by atoms with Gasteiger partial charge in [0.1, 0.15) is 5.52 Å². The smallest absolute Gasteiger partial charge is 0.323 e. The minimum absolute atomic E-state index is 0.289. The van der Waals surface area contributed by atoms with Gasteiger partial charge in [0.25, 0.3) is 0 Å². The molecule has 0 fully saturated rings.